The van der Waals surface area contributed by atoms with Crippen molar-refractivity contribution >= 4 is 6.03 Å². The van der Waals surface area contributed by atoms with Gasteiger partial charge in [-0.3, -0.25) is 0 Å². The lowest BCUT2D eigenvalue weighted by Crippen LogP contribution is -2.41. The molecule has 0 spiro atoms. The molecule has 0 bridgehead atoms. The summed E-state index contributed by atoms with van der Waals surface area (Å²) in [6.45, 7) is 4.74. The van der Waals surface area contributed by atoms with Crippen LogP contribution in [0.2, 0.25) is 0 Å². The van der Waals surface area contributed by atoms with Crippen molar-refractivity contribution in [2.75, 3.05) is 13.6 Å². The zero-order valence-corrected chi connectivity index (χ0v) is 12.3. The molecule has 2 N–H and O–H groups in total. The molecule has 6 nitrogen and oxygen atoms in total. The number of aliphatic hydroxyl groups excluding tert-OH is 1. The first-order valence-electron chi connectivity index (χ1n) is 7.10. The Morgan fingerprint density at radius 3 is 2.85 bits per heavy atom. The van der Waals surface area contributed by atoms with Crippen LogP contribution in [0.15, 0.2) is 10.6 Å². The summed E-state index contributed by atoms with van der Waals surface area (Å²) in [5.41, 5.74) is 0.881. The van der Waals surface area contributed by atoms with E-state index >= 15 is 0 Å². The second-order valence-corrected chi connectivity index (χ2v) is 5.82. The SMILES string of the molecule is CC(C)c1cc(CNC(=O)N(C)CC(O)C2CC2)on1. The van der Waals surface area contributed by atoms with Crippen molar-refractivity contribution in [2.24, 2.45) is 5.92 Å². The van der Waals surface area contributed by atoms with Gasteiger partial charge in [-0.25, -0.2) is 4.79 Å². The average molecular weight is 281 g/mol. The van der Waals surface area contributed by atoms with Crippen LogP contribution in [0.5, 0.6) is 0 Å². The summed E-state index contributed by atoms with van der Waals surface area (Å²) >= 11 is 0. The summed E-state index contributed by atoms with van der Waals surface area (Å²) in [6, 6.07) is 1.64. The Balaban J connectivity index is 1.75. The highest BCUT2D eigenvalue weighted by molar-refractivity contribution is 5.73. The van der Waals surface area contributed by atoms with Crippen LogP contribution in [-0.2, 0) is 6.54 Å². The van der Waals surface area contributed by atoms with Gasteiger partial charge in [-0.1, -0.05) is 19.0 Å². The lowest BCUT2D eigenvalue weighted by Gasteiger charge is -2.20. The number of nitrogens with one attached hydrogen (secondary N) is 1. The minimum absolute atomic E-state index is 0.216. The van der Waals surface area contributed by atoms with Gasteiger partial charge >= 0.3 is 6.03 Å². The number of hydrogen-bond acceptors (Lipinski definition) is 4. The maximum Gasteiger partial charge on any atom is 0.317 e. The molecular weight excluding hydrogens is 258 g/mol. The number of nitrogens with zero attached hydrogens (tertiary/aromatic N) is 2. The van der Waals surface area contributed by atoms with Crippen LogP contribution in [-0.4, -0.2) is 40.9 Å². The fraction of sp³-hybridized carbons (Fsp3) is 0.714. The molecule has 0 aromatic carbocycles. The smallest absolute Gasteiger partial charge is 0.317 e. The van der Waals surface area contributed by atoms with Gasteiger partial charge in [0.2, 0.25) is 0 Å². The van der Waals surface area contributed by atoms with Crippen molar-refractivity contribution in [1.82, 2.24) is 15.4 Å². The van der Waals surface area contributed by atoms with Crippen molar-refractivity contribution in [3.63, 3.8) is 0 Å². The van der Waals surface area contributed by atoms with E-state index in [-0.39, 0.29) is 6.03 Å². The Morgan fingerprint density at radius 1 is 1.60 bits per heavy atom. The first-order chi connectivity index (χ1) is 9.47. The summed E-state index contributed by atoms with van der Waals surface area (Å²) in [4.78, 5) is 13.4. The van der Waals surface area contributed by atoms with Crippen LogP contribution < -0.4 is 5.32 Å². The largest absolute Gasteiger partial charge is 0.391 e. The standard InChI is InChI=1S/C14H23N3O3/c1-9(2)12-6-11(20-16-12)7-15-14(19)17(3)8-13(18)10-4-5-10/h6,9-10,13,18H,4-5,7-8H2,1-3H3,(H,15,19). The monoisotopic (exact) mass is 281 g/mol. The number of amides is 2. The highest BCUT2D eigenvalue weighted by Gasteiger charge is 2.31. The van der Waals surface area contributed by atoms with Gasteiger partial charge < -0.3 is 19.8 Å². The molecule has 1 heterocycles. The lowest BCUT2D eigenvalue weighted by molar-refractivity contribution is 0.113. The summed E-state index contributed by atoms with van der Waals surface area (Å²) in [7, 11) is 1.68. The molecule has 1 fully saturated rings. The highest BCUT2D eigenvalue weighted by atomic mass is 16.5. The summed E-state index contributed by atoms with van der Waals surface area (Å²) in [6.07, 6.45) is 1.71. The number of rotatable bonds is 6. The van der Waals surface area contributed by atoms with Crippen LogP contribution in [0.4, 0.5) is 4.79 Å². The second kappa shape index (κ2) is 6.26. The number of aromatic nitrogens is 1. The number of carbonyl (C=O) groups is 1. The molecule has 112 valence electrons. The van der Waals surface area contributed by atoms with Crippen molar-refractivity contribution in [3.05, 3.63) is 17.5 Å². The average Bonchev–Trinajstić information content (AvgIpc) is 3.14. The molecule has 2 amide bonds. The first kappa shape index (κ1) is 14.8. The molecular formula is C14H23N3O3. The first-order valence-corrected chi connectivity index (χ1v) is 7.10. The Bertz CT molecular complexity index is 454. The van der Waals surface area contributed by atoms with Crippen LogP contribution in [0.25, 0.3) is 0 Å². The zero-order chi connectivity index (χ0) is 14.7. The van der Waals surface area contributed by atoms with Crippen LogP contribution in [0.1, 0.15) is 44.1 Å². The van der Waals surface area contributed by atoms with E-state index in [0.29, 0.717) is 30.7 Å². The Labute approximate surface area is 119 Å². The highest BCUT2D eigenvalue weighted by Crippen LogP contribution is 2.32. The fourth-order valence-electron chi connectivity index (χ4n) is 1.98. The third-order valence-corrected chi connectivity index (χ3v) is 3.56. The molecule has 0 aliphatic heterocycles. The topological polar surface area (TPSA) is 78.6 Å². The van der Waals surface area contributed by atoms with Crippen LogP contribution in [0.3, 0.4) is 0 Å². The summed E-state index contributed by atoms with van der Waals surface area (Å²) in [5.74, 6) is 1.31. The van der Waals surface area contributed by atoms with Gasteiger partial charge in [0.05, 0.1) is 18.3 Å². The summed E-state index contributed by atoms with van der Waals surface area (Å²) in [5, 5.41) is 16.5. The lowest BCUT2D eigenvalue weighted by atomic mass is 10.1. The minimum Gasteiger partial charge on any atom is -0.391 e. The van der Waals surface area contributed by atoms with Gasteiger partial charge in [-0.2, -0.15) is 0 Å². The molecule has 0 radical (unpaired) electrons. The molecule has 2 rings (SSSR count). The Morgan fingerprint density at radius 2 is 2.30 bits per heavy atom. The van der Waals surface area contributed by atoms with E-state index in [2.05, 4.69) is 10.5 Å². The molecule has 0 saturated heterocycles. The molecule has 1 atom stereocenters. The quantitative estimate of drug-likeness (QED) is 0.832. The van der Waals surface area contributed by atoms with Gasteiger partial charge in [0.25, 0.3) is 0 Å². The van der Waals surface area contributed by atoms with Gasteiger partial charge in [0, 0.05) is 19.7 Å². The van der Waals surface area contributed by atoms with Gasteiger partial charge in [-0.05, 0) is 24.7 Å². The van der Waals surface area contributed by atoms with Gasteiger partial charge in [-0.15, -0.1) is 0 Å². The van der Waals surface area contributed by atoms with Gasteiger partial charge in [0.1, 0.15) is 0 Å². The third kappa shape index (κ3) is 3.96. The fourth-order valence-corrected chi connectivity index (χ4v) is 1.98. The van der Waals surface area contributed by atoms with E-state index in [1.54, 1.807) is 7.05 Å². The molecule has 6 heteroatoms. The third-order valence-electron chi connectivity index (χ3n) is 3.56. The number of urea groups is 1. The Hall–Kier alpha value is -1.56. The van der Waals surface area contributed by atoms with E-state index < -0.39 is 6.10 Å². The number of aliphatic hydroxyl groups is 1. The van der Waals surface area contributed by atoms with E-state index in [9.17, 15) is 9.90 Å². The second-order valence-electron chi connectivity index (χ2n) is 5.82. The van der Waals surface area contributed by atoms with E-state index in [4.69, 9.17) is 4.52 Å². The van der Waals surface area contributed by atoms with Crippen molar-refractivity contribution in [1.29, 1.82) is 0 Å². The molecule has 1 aromatic rings. The maximum absolute atomic E-state index is 11.9. The number of likely N-dealkylation sites (N-methyl/N-ethyl adjacent to an activating group) is 1. The van der Waals surface area contributed by atoms with Gasteiger partial charge in [0.15, 0.2) is 5.76 Å². The predicted molar refractivity (Wildman–Crippen MR) is 74.2 cm³/mol. The molecule has 1 unspecified atom stereocenters. The predicted octanol–water partition coefficient (Wildman–Crippen LogP) is 1.71. The van der Waals surface area contributed by atoms with E-state index in [0.717, 1.165) is 18.5 Å². The van der Waals surface area contributed by atoms with Crippen LogP contribution in [0, 0.1) is 5.92 Å². The Kier molecular flexibility index (Phi) is 4.65. The van der Waals surface area contributed by atoms with Crippen molar-refractivity contribution in [2.45, 2.75) is 45.3 Å². The van der Waals surface area contributed by atoms with Crippen LogP contribution >= 0.6 is 0 Å². The van der Waals surface area contributed by atoms with E-state index in [1.807, 2.05) is 19.9 Å². The zero-order valence-electron chi connectivity index (χ0n) is 12.3. The molecule has 1 aromatic heterocycles. The maximum atomic E-state index is 11.9. The molecule has 1 aliphatic carbocycles. The molecule has 1 saturated carbocycles. The molecule has 20 heavy (non-hydrogen) atoms. The summed E-state index contributed by atoms with van der Waals surface area (Å²) < 4.78 is 5.15. The normalized spacial score (nSPS) is 16.2. The number of hydrogen-bond donors (Lipinski definition) is 2. The molecule has 1 aliphatic rings. The van der Waals surface area contributed by atoms with Crippen molar-refractivity contribution < 1.29 is 14.4 Å². The number of carbonyl (C=O) groups excluding carboxylic acids is 1. The van der Waals surface area contributed by atoms with E-state index in [1.165, 1.54) is 4.90 Å². The van der Waals surface area contributed by atoms with Crippen molar-refractivity contribution in [3.8, 4) is 0 Å². The minimum atomic E-state index is -0.413.